The lowest BCUT2D eigenvalue weighted by Crippen LogP contribution is -2.28. The Bertz CT molecular complexity index is 1520. The van der Waals surface area contributed by atoms with Gasteiger partial charge < -0.3 is 9.80 Å². The van der Waals surface area contributed by atoms with Crippen molar-refractivity contribution in [3.05, 3.63) is 128 Å². The van der Waals surface area contributed by atoms with Crippen LogP contribution in [0.25, 0.3) is 11.1 Å². The molecule has 2 amide bonds. The van der Waals surface area contributed by atoms with E-state index < -0.39 is 9.85 Å². The molecule has 0 aliphatic carbocycles. The van der Waals surface area contributed by atoms with Crippen molar-refractivity contribution in [3.8, 4) is 11.1 Å². The first-order valence-electron chi connectivity index (χ1n) is 11.4. The van der Waals surface area contributed by atoms with Crippen LogP contribution < -0.4 is 9.80 Å². The summed E-state index contributed by atoms with van der Waals surface area (Å²) in [7, 11) is 3.13. The van der Waals surface area contributed by atoms with Gasteiger partial charge in [0.25, 0.3) is 23.2 Å². The summed E-state index contributed by atoms with van der Waals surface area (Å²) in [5.41, 5.74) is 2.69. The highest BCUT2D eigenvalue weighted by Gasteiger charge is 2.22. The van der Waals surface area contributed by atoms with Crippen molar-refractivity contribution in [2.24, 2.45) is 0 Å². The number of non-ortho nitro benzene ring substituents is 2. The van der Waals surface area contributed by atoms with E-state index in [1.54, 1.807) is 32.3 Å². The molecule has 10 heteroatoms. The van der Waals surface area contributed by atoms with E-state index in [1.807, 2.05) is 30.3 Å². The fourth-order valence-corrected chi connectivity index (χ4v) is 3.93. The van der Waals surface area contributed by atoms with Crippen LogP contribution in [0.5, 0.6) is 0 Å². The Kier molecular flexibility index (Phi) is 7.24. The Morgan fingerprint density at radius 2 is 1.11 bits per heavy atom. The van der Waals surface area contributed by atoms with E-state index in [1.165, 1.54) is 58.3 Å². The van der Waals surface area contributed by atoms with Gasteiger partial charge in [0.05, 0.1) is 9.85 Å². The molecule has 0 aliphatic heterocycles. The van der Waals surface area contributed by atoms with Crippen LogP contribution in [0, 0.1) is 20.2 Å². The summed E-state index contributed by atoms with van der Waals surface area (Å²) in [6.07, 6.45) is 0. The second kappa shape index (κ2) is 10.7. The van der Waals surface area contributed by atoms with Gasteiger partial charge in [0.2, 0.25) is 0 Å². The molecule has 0 saturated carbocycles. The number of benzene rings is 4. The SMILES string of the molecule is CN(C(=O)c1ccc(C(=O)N(C)c2ccc([N+](=O)[O-])cc2)c(-c2ccccc2)c1)c1ccc([N+](=O)[O-])cc1. The second-order valence-corrected chi connectivity index (χ2v) is 8.40. The maximum Gasteiger partial charge on any atom is 0.269 e. The monoisotopic (exact) mass is 510 g/mol. The van der Waals surface area contributed by atoms with E-state index in [4.69, 9.17) is 0 Å². The Hall–Kier alpha value is -5.38. The normalized spacial score (nSPS) is 10.5. The molecule has 0 fully saturated rings. The highest BCUT2D eigenvalue weighted by Crippen LogP contribution is 2.29. The highest BCUT2D eigenvalue weighted by molar-refractivity contribution is 6.12. The van der Waals surface area contributed by atoms with E-state index in [2.05, 4.69) is 0 Å². The number of amides is 2. The van der Waals surface area contributed by atoms with Crippen molar-refractivity contribution in [2.45, 2.75) is 0 Å². The van der Waals surface area contributed by atoms with Gasteiger partial charge in [-0.1, -0.05) is 30.3 Å². The van der Waals surface area contributed by atoms with Crippen molar-refractivity contribution < 1.29 is 19.4 Å². The molecule has 4 aromatic rings. The summed E-state index contributed by atoms with van der Waals surface area (Å²) < 4.78 is 0. The van der Waals surface area contributed by atoms with Gasteiger partial charge in [0.15, 0.2) is 0 Å². The van der Waals surface area contributed by atoms with Crippen molar-refractivity contribution in [1.82, 2.24) is 0 Å². The molecular weight excluding hydrogens is 488 g/mol. The van der Waals surface area contributed by atoms with Gasteiger partial charge in [-0.15, -0.1) is 0 Å². The molecule has 0 N–H and O–H groups in total. The zero-order valence-electron chi connectivity index (χ0n) is 20.5. The summed E-state index contributed by atoms with van der Waals surface area (Å²) >= 11 is 0. The largest absolute Gasteiger partial charge is 0.311 e. The van der Waals surface area contributed by atoms with Crippen LogP contribution in [0.3, 0.4) is 0 Å². The van der Waals surface area contributed by atoms with Crippen molar-refractivity contribution in [2.75, 3.05) is 23.9 Å². The Balaban J connectivity index is 1.69. The lowest BCUT2D eigenvalue weighted by Gasteiger charge is -2.21. The number of nitro benzene ring substituents is 2. The lowest BCUT2D eigenvalue weighted by atomic mass is 9.95. The quantitative estimate of drug-likeness (QED) is 0.231. The van der Waals surface area contributed by atoms with Crippen LogP contribution >= 0.6 is 0 Å². The lowest BCUT2D eigenvalue weighted by molar-refractivity contribution is -0.385. The maximum absolute atomic E-state index is 13.5. The van der Waals surface area contributed by atoms with Gasteiger partial charge in [0, 0.05) is 60.9 Å². The molecule has 10 nitrogen and oxygen atoms in total. The standard InChI is InChI=1S/C28H22N4O6/c1-29(21-9-13-23(14-10-21)31(35)36)27(33)20-8-17-25(26(18-20)19-6-4-3-5-7-19)28(34)30(2)22-11-15-24(16-12-22)32(37)38/h3-18H,1-2H3. The minimum atomic E-state index is -0.513. The fraction of sp³-hybridized carbons (Fsp3) is 0.0714. The summed E-state index contributed by atoms with van der Waals surface area (Å²) in [6, 6.07) is 25.2. The van der Waals surface area contributed by atoms with Crippen molar-refractivity contribution in [1.29, 1.82) is 0 Å². The Labute approximate surface area is 217 Å². The molecule has 38 heavy (non-hydrogen) atoms. The predicted octanol–water partition coefficient (Wildman–Crippen LogP) is 5.72. The first kappa shape index (κ1) is 25.7. The zero-order chi connectivity index (χ0) is 27.4. The fourth-order valence-electron chi connectivity index (χ4n) is 3.93. The number of carbonyl (C=O) groups is 2. The minimum Gasteiger partial charge on any atom is -0.311 e. The molecule has 0 atom stereocenters. The molecule has 0 radical (unpaired) electrons. The van der Waals surface area contributed by atoms with Crippen molar-refractivity contribution >= 4 is 34.6 Å². The van der Waals surface area contributed by atoms with E-state index in [0.717, 1.165) is 5.56 Å². The smallest absolute Gasteiger partial charge is 0.269 e. The number of nitro groups is 2. The van der Waals surface area contributed by atoms with Gasteiger partial charge in [-0.3, -0.25) is 29.8 Å². The molecule has 0 aliphatic rings. The van der Waals surface area contributed by atoms with Crippen LogP contribution in [0.2, 0.25) is 0 Å². The molecule has 4 aromatic carbocycles. The predicted molar refractivity (Wildman–Crippen MR) is 144 cm³/mol. The number of rotatable bonds is 7. The van der Waals surface area contributed by atoms with E-state index in [9.17, 15) is 29.8 Å². The molecule has 0 unspecified atom stereocenters. The van der Waals surface area contributed by atoms with Gasteiger partial charge >= 0.3 is 0 Å². The molecular formula is C28H22N4O6. The third kappa shape index (κ3) is 5.24. The third-order valence-electron chi connectivity index (χ3n) is 6.09. The van der Waals surface area contributed by atoms with Crippen LogP contribution in [0.1, 0.15) is 20.7 Å². The Morgan fingerprint density at radius 3 is 1.58 bits per heavy atom. The third-order valence-corrected chi connectivity index (χ3v) is 6.09. The van der Waals surface area contributed by atoms with Crippen LogP contribution in [-0.2, 0) is 0 Å². The molecule has 0 bridgehead atoms. The van der Waals surface area contributed by atoms with E-state index >= 15 is 0 Å². The van der Waals surface area contributed by atoms with E-state index in [0.29, 0.717) is 28.1 Å². The summed E-state index contributed by atoms with van der Waals surface area (Å²) in [5.74, 6) is -0.723. The average molecular weight is 511 g/mol. The molecule has 4 rings (SSSR count). The molecule has 0 saturated heterocycles. The second-order valence-electron chi connectivity index (χ2n) is 8.40. The van der Waals surface area contributed by atoms with Crippen molar-refractivity contribution in [3.63, 3.8) is 0 Å². The maximum atomic E-state index is 13.5. The number of carbonyl (C=O) groups excluding carboxylic acids is 2. The van der Waals surface area contributed by atoms with Gasteiger partial charge in [-0.05, 0) is 53.6 Å². The Morgan fingerprint density at radius 1 is 0.632 bits per heavy atom. The highest BCUT2D eigenvalue weighted by atomic mass is 16.6. The van der Waals surface area contributed by atoms with Crippen LogP contribution in [0.4, 0.5) is 22.7 Å². The van der Waals surface area contributed by atoms with Gasteiger partial charge in [0.1, 0.15) is 0 Å². The summed E-state index contributed by atoms with van der Waals surface area (Å²) in [4.78, 5) is 50.5. The van der Waals surface area contributed by atoms with Gasteiger partial charge in [-0.25, -0.2) is 0 Å². The first-order chi connectivity index (χ1) is 18.2. The molecule has 0 aromatic heterocycles. The van der Waals surface area contributed by atoms with Crippen LogP contribution in [-0.4, -0.2) is 35.8 Å². The van der Waals surface area contributed by atoms with Gasteiger partial charge in [-0.2, -0.15) is 0 Å². The average Bonchev–Trinajstić information content (AvgIpc) is 2.95. The number of anilines is 2. The minimum absolute atomic E-state index is 0.0824. The topological polar surface area (TPSA) is 127 Å². The first-order valence-corrected chi connectivity index (χ1v) is 11.4. The van der Waals surface area contributed by atoms with E-state index in [-0.39, 0.29) is 23.2 Å². The summed E-state index contributed by atoms with van der Waals surface area (Å²) in [6.45, 7) is 0. The van der Waals surface area contributed by atoms with Crippen LogP contribution in [0.15, 0.2) is 97.1 Å². The molecule has 190 valence electrons. The number of hydrogen-bond donors (Lipinski definition) is 0. The molecule has 0 heterocycles. The number of nitrogens with zero attached hydrogens (tertiary/aromatic N) is 4. The summed E-state index contributed by atoms with van der Waals surface area (Å²) in [5, 5.41) is 21.9. The number of hydrogen-bond acceptors (Lipinski definition) is 6. The molecule has 0 spiro atoms. The zero-order valence-corrected chi connectivity index (χ0v) is 20.5.